The van der Waals surface area contributed by atoms with Crippen LogP contribution < -0.4 is 5.69 Å². The van der Waals surface area contributed by atoms with Crippen molar-refractivity contribution in [1.29, 1.82) is 0 Å². The van der Waals surface area contributed by atoms with Gasteiger partial charge < -0.3 is 5.11 Å². The van der Waals surface area contributed by atoms with Gasteiger partial charge in [0.2, 0.25) is 0 Å². The first-order valence-corrected chi connectivity index (χ1v) is 12.0. The van der Waals surface area contributed by atoms with Crippen molar-refractivity contribution in [2.24, 2.45) is 0 Å². The Morgan fingerprint density at radius 3 is 2.61 bits per heavy atom. The molecule has 0 bridgehead atoms. The number of aromatic nitrogens is 4. The summed E-state index contributed by atoms with van der Waals surface area (Å²) in [6.07, 6.45) is 5.86. The molecule has 0 atom stereocenters. The monoisotopic (exact) mass is 438 g/mol. The summed E-state index contributed by atoms with van der Waals surface area (Å²) in [6.45, 7) is 0.00951. The molecule has 4 aromatic rings. The maximum atomic E-state index is 13.5. The van der Waals surface area contributed by atoms with E-state index in [1.807, 2.05) is 24.3 Å². The second kappa shape index (κ2) is 7.58. The van der Waals surface area contributed by atoms with Crippen LogP contribution in [0.5, 0.6) is 0 Å². The van der Waals surface area contributed by atoms with Crippen molar-refractivity contribution in [2.75, 3.05) is 11.5 Å². The van der Waals surface area contributed by atoms with Gasteiger partial charge in [-0.25, -0.2) is 13.2 Å². The van der Waals surface area contributed by atoms with Crippen LogP contribution in [-0.4, -0.2) is 44.1 Å². The van der Waals surface area contributed by atoms with Crippen LogP contribution in [0.2, 0.25) is 0 Å². The summed E-state index contributed by atoms with van der Waals surface area (Å²) >= 11 is 0. The second-order valence-electron chi connectivity index (χ2n) is 7.91. The van der Waals surface area contributed by atoms with Gasteiger partial charge in [-0.05, 0) is 24.3 Å². The van der Waals surface area contributed by atoms with Gasteiger partial charge >= 0.3 is 5.69 Å². The van der Waals surface area contributed by atoms with Crippen LogP contribution in [0.4, 0.5) is 0 Å². The molecule has 1 aliphatic heterocycles. The van der Waals surface area contributed by atoms with E-state index in [0.29, 0.717) is 29.6 Å². The van der Waals surface area contributed by atoms with Crippen LogP contribution in [0.1, 0.15) is 30.1 Å². The molecule has 0 radical (unpaired) electrons. The maximum Gasteiger partial charge on any atom is 0.329 e. The zero-order valence-corrected chi connectivity index (χ0v) is 17.6. The molecule has 9 heteroatoms. The number of pyridine rings is 2. The third kappa shape index (κ3) is 3.43. The molecule has 0 amide bonds. The molecule has 0 saturated carbocycles. The first kappa shape index (κ1) is 19.9. The van der Waals surface area contributed by atoms with E-state index in [1.54, 1.807) is 33.8 Å². The highest BCUT2D eigenvalue weighted by Crippen LogP contribution is 2.27. The molecule has 0 aliphatic carbocycles. The summed E-state index contributed by atoms with van der Waals surface area (Å²) in [6, 6.07) is 9.30. The van der Waals surface area contributed by atoms with Crippen molar-refractivity contribution in [1.82, 2.24) is 19.1 Å². The third-order valence-electron chi connectivity index (χ3n) is 6.11. The quantitative estimate of drug-likeness (QED) is 0.523. The summed E-state index contributed by atoms with van der Waals surface area (Å²) in [5, 5.41) is 11.9. The lowest BCUT2D eigenvalue weighted by Gasteiger charge is -2.23. The summed E-state index contributed by atoms with van der Waals surface area (Å²) < 4.78 is 27.0. The lowest BCUT2D eigenvalue weighted by molar-refractivity contribution is 0.281. The Kier molecular flexibility index (Phi) is 4.86. The molecule has 5 rings (SSSR count). The highest BCUT2D eigenvalue weighted by molar-refractivity contribution is 7.91. The molecular weight excluding hydrogens is 416 g/mol. The number of hydrogen-bond acceptors (Lipinski definition) is 6. The van der Waals surface area contributed by atoms with Gasteiger partial charge in [0.25, 0.3) is 0 Å². The summed E-state index contributed by atoms with van der Waals surface area (Å²) in [5.74, 6) is 0.172. The number of aliphatic hydroxyl groups is 1. The van der Waals surface area contributed by atoms with Crippen LogP contribution in [0.3, 0.4) is 0 Å². The summed E-state index contributed by atoms with van der Waals surface area (Å²) in [5.41, 5.74) is 2.50. The summed E-state index contributed by atoms with van der Waals surface area (Å²) in [7, 11) is -3.03. The lowest BCUT2D eigenvalue weighted by atomic mass is 10.0. The molecule has 1 N–H and O–H groups in total. The number of aliphatic hydroxyl groups excluding tert-OH is 1. The Labute approximate surface area is 178 Å². The number of imidazole rings is 1. The van der Waals surface area contributed by atoms with Crippen molar-refractivity contribution < 1.29 is 13.5 Å². The first-order chi connectivity index (χ1) is 15.0. The molecule has 0 unspecified atom stereocenters. The van der Waals surface area contributed by atoms with Crippen molar-refractivity contribution in [3.05, 3.63) is 70.7 Å². The molecule has 4 heterocycles. The van der Waals surface area contributed by atoms with Gasteiger partial charge in [0.05, 0.1) is 47.6 Å². The van der Waals surface area contributed by atoms with E-state index >= 15 is 0 Å². The highest BCUT2D eigenvalue weighted by atomic mass is 32.2. The molecule has 1 fully saturated rings. The van der Waals surface area contributed by atoms with E-state index in [-0.39, 0.29) is 36.4 Å². The number of sulfone groups is 1. The fourth-order valence-electron chi connectivity index (χ4n) is 4.50. The van der Waals surface area contributed by atoms with E-state index < -0.39 is 9.84 Å². The van der Waals surface area contributed by atoms with Crippen LogP contribution in [-0.2, 0) is 23.0 Å². The van der Waals surface area contributed by atoms with Crippen LogP contribution in [0, 0.1) is 0 Å². The average molecular weight is 439 g/mol. The molecular formula is C22H22N4O4S. The Hall–Kier alpha value is -3.04. The molecule has 0 spiro atoms. The summed E-state index contributed by atoms with van der Waals surface area (Å²) in [4.78, 5) is 22.2. The van der Waals surface area contributed by atoms with E-state index in [2.05, 4.69) is 9.97 Å². The van der Waals surface area contributed by atoms with E-state index in [9.17, 15) is 18.3 Å². The van der Waals surface area contributed by atoms with E-state index in [1.165, 1.54) is 0 Å². The predicted molar refractivity (Wildman–Crippen MR) is 118 cm³/mol. The normalized spacial score (nSPS) is 16.8. The van der Waals surface area contributed by atoms with Crippen molar-refractivity contribution in [2.45, 2.75) is 32.0 Å². The fraction of sp³-hybridized carbons (Fsp3) is 0.318. The SMILES string of the molecule is O=c1n(Cc2ncc3ccccc3c2CO)c2cnccc2n1C1CCS(=O)(=O)CC1. The van der Waals surface area contributed by atoms with Crippen LogP contribution in [0.15, 0.2) is 53.7 Å². The number of fused-ring (bicyclic) bond motifs is 2. The molecule has 31 heavy (non-hydrogen) atoms. The van der Waals surface area contributed by atoms with Gasteiger partial charge in [-0.3, -0.25) is 19.1 Å². The minimum Gasteiger partial charge on any atom is -0.392 e. The van der Waals surface area contributed by atoms with Gasteiger partial charge in [0, 0.05) is 29.4 Å². The number of rotatable bonds is 4. The zero-order valence-electron chi connectivity index (χ0n) is 16.8. The minimum absolute atomic E-state index is 0.0861. The van der Waals surface area contributed by atoms with Crippen molar-refractivity contribution in [3.63, 3.8) is 0 Å². The van der Waals surface area contributed by atoms with Gasteiger partial charge in [0.1, 0.15) is 9.84 Å². The molecule has 3 aromatic heterocycles. The van der Waals surface area contributed by atoms with Gasteiger partial charge in [-0.2, -0.15) is 0 Å². The number of hydrogen-bond donors (Lipinski definition) is 1. The van der Waals surface area contributed by atoms with Crippen LogP contribution in [0.25, 0.3) is 21.8 Å². The van der Waals surface area contributed by atoms with Gasteiger partial charge in [-0.15, -0.1) is 0 Å². The topological polar surface area (TPSA) is 107 Å². The molecule has 160 valence electrons. The van der Waals surface area contributed by atoms with E-state index in [4.69, 9.17) is 0 Å². The molecule has 1 saturated heterocycles. The second-order valence-corrected chi connectivity index (χ2v) is 10.2. The van der Waals surface area contributed by atoms with Gasteiger partial charge in [-0.1, -0.05) is 24.3 Å². The third-order valence-corrected chi connectivity index (χ3v) is 7.83. The predicted octanol–water partition coefficient (Wildman–Crippen LogP) is 2.04. The van der Waals surface area contributed by atoms with Crippen molar-refractivity contribution >= 4 is 31.6 Å². The smallest absolute Gasteiger partial charge is 0.329 e. The maximum absolute atomic E-state index is 13.5. The average Bonchev–Trinajstić information content (AvgIpc) is 3.05. The molecule has 1 aliphatic rings. The van der Waals surface area contributed by atoms with Crippen molar-refractivity contribution in [3.8, 4) is 0 Å². The van der Waals surface area contributed by atoms with E-state index in [0.717, 1.165) is 16.3 Å². The molecule has 1 aromatic carbocycles. The Balaban J connectivity index is 1.63. The molecule has 8 nitrogen and oxygen atoms in total. The Morgan fingerprint density at radius 1 is 1.06 bits per heavy atom. The highest BCUT2D eigenvalue weighted by Gasteiger charge is 2.28. The largest absolute Gasteiger partial charge is 0.392 e. The minimum atomic E-state index is -3.03. The Morgan fingerprint density at radius 2 is 1.84 bits per heavy atom. The van der Waals surface area contributed by atoms with Gasteiger partial charge in [0.15, 0.2) is 0 Å². The number of nitrogens with zero attached hydrogens (tertiary/aromatic N) is 4. The zero-order chi connectivity index (χ0) is 21.6. The van der Waals surface area contributed by atoms with Crippen LogP contribution >= 0.6 is 0 Å². The fourth-order valence-corrected chi connectivity index (χ4v) is 5.96. The number of benzene rings is 1. The lowest BCUT2D eigenvalue weighted by Crippen LogP contribution is -2.33. The standard InChI is InChI=1S/C22H22N4O4S/c27-14-18-17-4-2-1-3-15(17)11-24-19(18)13-25-21-12-23-8-5-20(21)26(22(25)28)16-6-9-31(29,30)10-7-16/h1-5,8,11-12,16,27H,6-7,9-10,13-14H2. The first-order valence-electron chi connectivity index (χ1n) is 10.2. The Bertz CT molecular complexity index is 1440.